The molecule has 0 aliphatic heterocycles. The molecule has 0 fully saturated rings. The summed E-state index contributed by atoms with van der Waals surface area (Å²) in [4.78, 5) is 29.3. The van der Waals surface area contributed by atoms with Crippen LogP contribution in [0.1, 0.15) is 11.1 Å². The Hall–Kier alpha value is -4.27. The molecule has 2 aromatic carbocycles. The first-order valence-electron chi connectivity index (χ1n) is 10.4. The van der Waals surface area contributed by atoms with Gasteiger partial charge in [-0.25, -0.2) is 4.98 Å². The van der Waals surface area contributed by atoms with Crippen molar-refractivity contribution in [2.45, 2.75) is 12.8 Å². The van der Waals surface area contributed by atoms with E-state index in [2.05, 4.69) is 15.6 Å². The monoisotopic (exact) mass is 465 g/mol. The van der Waals surface area contributed by atoms with Gasteiger partial charge in [0.25, 0.3) is 0 Å². The third-order valence-electron chi connectivity index (χ3n) is 4.91. The van der Waals surface area contributed by atoms with E-state index >= 15 is 0 Å². The van der Waals surface area contributed by atoms with E-state index in [1.165, 1.54) is 14.2 Å². The van der Waals surface area contributed by atoms with E-state index < -0.39 is 0 Å². The van der Waals surface area contributed by atoms with Gasteiger partial charge in [0.05, 0.1) is 41.3 Å². The van der Waals surface area contributed by atoms with Gasteiger partial charge < -0.3 is 29.6 Å². The van der Waals surface area contributed by atoms with Gasteiger partial charge in [0.2, 0.25) is 11.8 Å². The molecule has 1 heterocycles. The molecule has 2 amide bonds. The molecule has 9 heteroatoms. The number of methoxy groups -OCH3 is 4. The molecular formula is C25H27N3O6. The average molecular weight is 466 g/mol. The molecule has 9 nitrogen and oxygen atoms in total. The molecular weight excluding hydrogens is 438 g/mol. The van der Waals surface area contributed by atoms with Gasteiger partial charge in [-0.1, -0.05) is 18.2 Å². The SMILES string of the molecule is COc1ccc(CC(=O)Nc2cccc(NC(=O)Cc3ccc(OC)c(OC)c3)n2)cc1OC. The Kier molecular flexibility index (Phi) is 8.28. The van der Waals surface area contributed by atoms with Gasteiger partial charge >= 0.3 is 0 Å². The number of pyridine rings is 1. The van der Waals surface area contributed by atoms with Gasteiger partial charge in [-0.15, -0.1) is 0 Å². The first-order valence-corrected chi connectivity index (χ1v) is 10.4. The van der Waals surface area contributed by atoms with Crippen molar-refractivity contribution in [3.63, 3.8) is 0 Å². The summed E-state index contributed by atoms with van der Waals surface area (Å²) in [6.07, 6.45) is 0.246. The van der Waals surface area contributed by atoms with Crippen LogP contribution in [0, 0.1) is 0 Å². The third kappa shape index (κ3) is 6.38. The highest BCUT2D eigenvalue weighted by atomic mass is 16.5. The number of benzene rings is 2. The quantitative estimate of drug-likeness (QED) is 0.472. The molecule has 0 bridgehead atoms. The first-order chi connectivity index (χ1) is 16.4. The summed E-state index contributed by atoms with van der Waals surface area (Å²) in [5.41, 5.74) is 1.52. The van der Waals surface area contributed by atoms with Gasteiger partial charge in [0.15, 0.2) is 23.0 Å². The number of carbonyl (C=O) groups is 2. The van der Waals surface area contributed by atoms with Crippen LogP contribution in [-0.4, -0.2) is 45.2 Å². The van der Waals surface area contributed by atoms with Crippen LogP contribution in [0.15, 0.2) is 54.6 Å². The second-order valence-electron chi connectivity index (χ2n) is 7.24. The number of carbonyl (C=O) groups excluding carboxylic acids is 2. The fourth-order valence-electron chi connectivity index (χ4n) is 3.30. The lowest BCUT2D eigenvalue weighted by molar-refractivity contribution is -0.116. The van der Waals surface area contributed by atoms with Gasteiger partial charge in [0, 0.05) is 0 Å². The van der Waals surface area contributed by atoms with Crippen molar-refractivity contribution >= 4 is 23.5 Å². The number of hydrogen-bond acceptors (Lipinski definition) is 7. The highest BCUT2D eigenvalue weighted by Gasteiger charge is 2.12. The highest BCUT2D eigenvalue weighted by Crippen LogP contribution is 2.28. The topological polar surface area (TPSA) is 108 Å². The Bertz CT molecular complexity index is 1080. The molecule has 1 aromatic heterocycles. The van der Waals surface area contributed by atoms with Crippen LogP contribution in [0.25, 0.3) is 0 Å². The summed E-state index contributed by atoms with van der Waals surface area (Å²) in [5.74, 6) is 2.41. The van der Waals surface area contributed by atoms with Crippen molar-refractivity contribution in [3.8, 4) is 23.0 Å². The smallest absolute Gasteiger partial charge is 0.229 e. The summed E-state index contributed by atoms with van der Waals surface area (Å²) in [7, 11) is 6.18. The van der Waals surface area contributed by atoms with Gasteiger partial charge in [0.1, 0.15) is 11.6 Å². The Balaban J connectivity index is 1.60. The molecule has 178 valence electrons. The molecule has 0 atom stereocenters. The maximum absolute atomic E-state index is 12.5. The van der Waals surface area contributed by atoms with Crippen molar-refractivity contribution in [1.29, 1.82) is 0 Å². The number of nitrogens with zero attached hydrogens (tertiary/aromatic N) is 1. The summed E-state index contributed by atoms with van der Waals surface area (Å²) in [6, 6.07) is 15.6. The Morgan fingerprint density at radius 1 is 0.647 bits per heavy atom. The second kappa shape index (κ2) is 11.6. The molecule has 0 aliphatic rings. The summed E-state index contributed by atoms with van der Waals surface area (Å²) >= 11 is 0. The van der Waals surface area contributed by atoms with E-state index in [9.17, 15) is 9.59 Å². The molecule has 3 rings (SSSR count). The maximum atomic E-state index is 12.5. The lowest BCUT2D eigenvalue weighted by Gasteiger charge is -2.11. The van der Waals surface area contributed by atoms with E-state index in [0.29, 0.717) is 34.6 Å². The number of ether oxygens (including phenoxy) is 4. The van der Waals surface area contributed by atoms with Gasteiger partial charge in [-0.2, -0.15) is 0 Å². The van der Waals surface area contributed by atoms with E-state index in [1.54, 1.807) is 68.8 Å². The highest BCUT2D eigenvalue weighted by molar-refractivity contribution is 5.93. The first kappa shape index (κ1) is 24.4. The number of nitrogens with one attached hydrogen (secondary N) is 2. The standard InChI is InChI=1S/C25H27N3O6/c1-31-18-10-8-16(12-20(18)33-3)14-24(29)27-22-6-5-7-23(26-22)28-25(30)15-17-9-11-19(32-2)21(13-17)34-4/h5-13H,14-15H2,1-4H3,(H2,26,27,28,29,30). The van der Waals surface area contributed by atoms with Crippen LogP contribution in [0.5, 0.6) is 23.0 Å². The number of anilines is 2. The minimum Gasteiger partial charge on any atom is -0.493 e. The molecule has 0 unspecified atom stereocenters. The minimum absolute atomic E-state index is 0.123. The number of hydrogen-bond donors (Lipinski definition) is 2. The van der Waals surface area contributed by atoms with Crippen LogP contribution >= 0.6 is 0 Å². The van der Waals surface area contributed by atoms with E-state index in [1.807, 2.05) is 0 Å². The zero-order chi connectivity index (χ0) is 24.5. The number of aromatic nitrogens is 1. The van der Waals surface area contributed by atoms with E-state index in [0.717, 1.165) is 11.1 Å². The second-order valence-corrected chi connectivity index (χ2v) is 7.24. The maximum Gasteiger partial charge on any atom is 0.229 e. The lowest BCUT2D eigenvalue weighted by Crippen LogP contribution is -2.18. The molecule has 0 saturated heterocycles. The lowest BCUT2D eigenvalue weighted by atomic mass is 10.1. The summed E-state index contributed by atoms with van der Waals surface area (Å²) in [5, 5.41) is 5.49. The fourth-order valence-corrected chi connectivity index (χ4v) is 3.30. The van der Waals surface area contributed by atoms with Crippen molar-refractivity contribution in [2.24, 2.45) is 0 Å². The van der Waals surface area contributed by atoms with Crippen molar-refractivity contribution < 1.29 is 28.5 Å². The van der Waals surface area contributed by atoms with Crippen LogP contribution in [0.4, 0.5) is 11.6 Å². The average Bonchev–Trinajstić information content (AvgIpc) is 2.83. The predicted molar refractivity (Wildman–Crippen MR) is 128 cm³/mol. The van der Waals surface area contributed by atoms with E-state index in [-0.39, 0.29) is 24.7 Å². The molecule has 3 aromatic rings. The van der Waals surface area contributed by atoms with Crippen molar-refractivity contribution in [1.82, 2.24) is 4.98 Å². The Morgan fingerprint density at radius 3 is 1.44 bits per heavy atom. The van der Waals surface area contributed by atoms with Crippen LogP contribution in [0.2, 0.25) is 0 Å². The molecule has 34 heavy (non-hydrogen) atoms. The van der Waals surface area contributed by atoms with Gasteiger partial charge in [-0.3, -0.25) is 9.59 Å². The zero-order valence-corrected chi connectivity index (χ0v) is 19.5. The predicted octanol–water partition coefficient (Wildman–Crippen LogP) is 3.48. The van der Waals surface area contributed by atoms with Crippen molar-refractivity contribution in [3.05, 3.63) is 65.7 Å². The summed E-state index contributed by atoms with van der Waals surface area (Å²) in [6.45, 7) is 0. The molecule has 0 spiro atoms. The van der Waals surface area contributed by atoms with Crippen LogP contribution in [-0.2, 0) is 22.4 Å². The van der Waals surface area contributed by atoms with E-state index in [4.69, 9.17) is 18.9 Å². The van der Waals surface area contributed by atoms with Crippen molar-refractivity contribution in [2.75, 3.05) is 39.1 Å². The Labute approximate surface area is 198 Å². The molecule has 0 saturated carbocycles. The molecule has 0 aliphatic carbocycles. The Morgan fingerprint density at radius 2 is 1.06 bits per heavy atom. The van der Waals surface area contributed by atoms with Gasteiger partial charge in [-0.05, 0) is 47.5 Å². The molecule has 2 N–H and O–H groups in total. The fraction of sp³-hybridized carbons (Fsp3) is 0.240. The zero-order valence-electron chi connectivity index (χ0n) is 19.5. The molecule has 0 radical (unpaired) electrons. The minimum atomic E-state index is -0.256. The third-order valence-corrected chi connectivity index (χ3v) is 4.91. The normalized spacial score (nSPS) is 10.2. The number of rotatable bonds is 10. The number of amides is 2. The largest absolute Gasteiger partial charge is 0.493 e. The summed E-state index contributed by atoms with van der Waals surface area (Å²) < 4.78 is 21.0. The van der Waals surface area contributed by atoms with Crippen LogP contribution in [0.3, 0.4) is 0 Å². The van der Waals surface area contributed by atoms with Crippen LogP contribution < -0.4 is 29.6 Å².